The molecule has 0 atom stereocenters. The number of hydrogen-bond acceptors (Lipinski definition) is 3. The maximum absolute atomic E-state index is 6.26. The van der Waals surface area contributed by atoms with Crippen molar-refractivity contribution in [2.24, 2.45) is 0 Å². The third-order valence-electron chi connectivity index (χ3n) is 8.73. The fourth-order valence-corrected chi connectivity index (χ4v) is 8.96. The molecule has 0 bridgehead atoms. The van der Waals surface area contributed by atoms with Crippen molar-refractivity contribution in [3.63, 3.8) is 0 Å². The Morgan fingerprint density at radius 3 is 1.96 bits per heavy atom. The number of oxazole rings is 1. The normalized spacial score (nSPS) is 11.4. The van der Waals surface area contributed by atoms with Crippen LogP contribution in [0.4, 0.5) is 17.1 Å². The number of rotatable bonds is 6. The molecule has 0 aliphatic carbocycles. The molecule has 0 amide bonds. The van der Waals surface area contributed by atoms with E-state index in [9.17, 15) is 0 Å². The van der Waals surface area contributed by atoms with E-state index in [1.165, 1.54) is 41.5 Å². The number of para-hydroxylation sites is 3. The summed E-state index contributed by atoms with van der Waals surface area (Å²) in [7, 11) is 0. The predicted octanol–water partition coefficient (Wildman–Crippen LogP) is 11.7. The first-order chi connectivity index (χ1) is 23.3. The Morgan fingerprint density at radius 2 is 1.15 bits per heavy atom. The van der Waals surface area contributed by atoms with Crippen LogP contribution >= 0.6 is 0 Å². The van der Waals surface area contributed by atoms with Gasteiger partial charge in [-0.1, -0.05) is 0 Å². The zero-order valence-corrected chi connectivity index (χ0v) is 27.1. The molecule has 0 fully saturated rings. The van der Waals surface area contributed by atoms with Crippen LogP contribution in [0.5, 0.6) is 0 Å². The Morgan fingerprint density at radius 1 is 0.489 bits per heavy atom. The Balaban J connectivity index is 1.22. The number of aromatic nitrogens is 1. The molecule has 2 heterocycles. The van der Waals surface area contributed by atoms with Gasteiger partial charge in [-0.05, 0) is 0 Å². The van der Waals surface area contributed by atoms with Gasteiger partial charge in [-0.3, -0.25) is 0 Å². The van der Waals surface area contributed by atoms with E-state index < -0.39 is 0 Å². The quantitative estimate of drug-likeness (QED) is 0.165. The van der Waals surface area contributed by atoms with Gasteiger partial charge in [0.05, 0.1) is 0 Å². The van der Waals surface area contributed by atoms with E-state index in [0.29, 0.717) is 5.89 Å². The van der Waals surface area contributed by atoms with Gasteiger partial charge >= 0.3 is 280 Å². The van der Waals surface area contributed by atoms with Gasteiger partial charge in [0, 0.05) is 0 Å². The van der Waals surface area contributed by atoms with Crippen molar-refractivity contribution in [1.29, 1.82) is 0 Å². The number of hydrogen-bond donors (Lipinski definition) is 0. The van der Waals surface area contributed by atoms with Gasteiger partial charge in [0.25, 0.3) is 0 Å². The second-order valence-corrected chi connectivity index (χ2v) is 13.9. The molecule has 0 N–H and O–H groups in total. The molecule has 9 aromatic rings. The molecule has 222 valence electrons. The molecule has 47 heavy (non-hydrogen) atoms. The zero-order valence-electron chi connectivity index (χ0n) is 25.4. The van der Waals surface area contributed by atoms with Crippen molar-refractivity contribution in [3.8, 4) is 33.7 Å². The number of anilines is 3. The average Bonchev–Trinajstić information content (AvgIpc) is 3.75. The van der Waals surface area contributed by atoms with Crippen LogP contribution < -0.4 is 4.90 Å². The van der Waals surface area contributed by atoms with Gasteiger partial charge in [0.1, 0.15) is 0 Å². The summed E-state index contributed by atoms with van der Waals surface area (Å²) in [6, 6.07) is 60.3. The van der Waals surface area contributed by atoms with Crippen molar-refractivity contribution in [1.82, 2.24) is 4.98 Å². The average molecular weight is 668 g/mol. The minimum absolute atomic E-state index is 0.143. The van der Waals surface area contributed by atoms with Gasteiger partial charge in [0.2, 0.25) is 0 Å². The molecule has 0 saturated carbocycles. The molecule has 4 heteroatoms. The second kappa shape index (κ2) is 11.6. The van der Waals surface area contributed by atoms with E-state index in [0.717, 1.165) is 33.7 Å². The van der Waals surface area contributed by atoms with Gasteiger partial charge < -0.3 is 0 Å². The van der Waals surface area contributed by atoms with Crippen LogP contribution in [0.3, 0.4) is 0 Å². The van der Waals surface area contributed by atoms with E-state index in [4.69, 9.17) is 9.40 Å². The van der Waals surface area contributed by atoms with Crippen LogP contribution in [-0.2, 0) is 0 Å². The van der Waals surface area contributed by atoms with Crippen molar-refractivity contribution >= 4 is 62.0 Å². The van der Waals surface area contributed by atoms with Crippen LogP contribution in [-0.4, -0.2) is 19.5 Å². The molecule has 0 radical (unpaired) electrons. The Labute approximate surface area is 278 Å². The summed E-state index contributed by atoms with van der Waals surface area (Å²) < 4.78 is 8.97. The summed E-state index contributed by atoms with van der Waals surface area (Å²) in [5.41, 5.74) is 10.9. The molecular formula is C43H28N2OSe. The Bertz CT molecular complexity index is 2480. The Hall–Kier alpha value is -5.67. The van der Waals surface area contributed by atoms with Crippen LogP contribution in [0.15, 0.2) is 174 Å². The molecule has 0 unspecified atom stereocenters. The number of nitrogens with zero attached hydrogens (tertiary/aromatic N) is 2. The van der Waals surface area contributed by atoms with Gasteiger partial charge in [0.15, 0.2) is 0 Å². The van der Waals surface area contributed by atoms with E-state index in [-0.39, 0.29) is 14.5 Å². The van der Waals surface area contributed by atoms with E-state index in [1.807, 2.05) is 24.3 Å². The first-order valence-corrected chi connectivity index (χ1v) is 17.4. The third kappa shape index (κ3) is 4.96. The van der Waals surface area contributed by atoms with E-state index in [2.05, 4.69) is 150 Å². The monoisotopic (exact) mass is 668 g/mol. The van der Waals surface area contributed by atoms with Crippen LogP contribution in [0.1, 0.15) is 0 Å². The first kappa shape index (κ1) is 27.6. The summed E-state index contributed by atoms with van der Waals surface area (Å²) in [6.45, 7) is 0. The zero-order chi connectivity index (χ0) is 31.2. The fraction of sp³-hybridized carbons (Fsp3) is 0. The molecule has 2 aromatic heterocycles. The predicted molar refractivity (Wildman–Crippen MR) is 197 cm³/mol. The van der Waals surface area contributed by atoms with Crippen LogP contribution in [0, 0.1) is 0 Å². The minimum atomic E-state index is 0.143. The molecule has 3 nitrogen and oxygen atoms in total. The van der Waals surface area contributed by atoms with Crippen molar-refractivity contribution in [3.05, 3.63) is 170 Å². The third-order valence-corrected chi connectivity index (χ3v) is 11.1. The maximum atomic E-state index is 6.26. The second-order valence-electron chi connectivity index (χ2n) is 11.6. The van der Waals surface area contributed by atoms with E-state index >= 15 is 0 Å². The molecular weight excluding hydrogens is 639 g/mol. The first-order valence-electron chi connectivity index (χ1n) is 15.7. The SMILES string of the molecule is c1ccc(-c2ccc(N(c3ccc4c(c3)[se]c3cccc(-c5nc6ccccc6o5)c34)c3ccccc3-c3ccccc3)cc2)cc1. The summed E-state index contributed by atoms with van der Waals surface area (Å²) in [5, 5.41) is 2.50. The molecule has 0 spiro atoms. The summed E-state index contributed by atoms with van der Waals surface area (Å²) in [4.78, 5) is 7.26. The standard InChI is InChI=1S/C43H28N2OSe/c1-3-12-29(13-4-1)30-22-24-32(25-23-30)45(38-19-9-7-16-34(38)31-14-5-2-6-15-31)33-26-27-35-41(28-33)47-40-21-11-17-36(42(35)40)43-44-37-18-8-10-20-39(37)46-43/h1-28H. The number of fused-ring (bicyclic) bond motifs is 4. The topological polar surface area (TPSA) is 29.3 Å². The summed E-state index contributed by atoms with van der Waals surface area (Å²) in [5.74, 6) is 0.674. The molecule has 0 aliphatic heterocycles. The van der Waals surface area contributed by atoms with Gasteiger partial charge in [-0.25, -0.2) is 0 Å². The van der Waals surface area contributed by atoms with Crippen molar-refractivity contribution in [2.75, 3.05) is 4.90 Å². The van der Waals surface area contributed by atoms with Crippen molar-refractivity contribution < 1.29 is 4.42 Å². The van der Waals surface area contributed by atoms with Crippen LogP contribution in [0.25, 0.3) is 64.1 Å². The molecule has 9 rings (SSSR count). The van der Waals surface area contributed by atoms with E-state index in [1.54, 1.807) is 0 Å². The van der Waals surface area contributed by atoms with Crippen LogP contribution in [0.2, 0.25) is 0 Å². The molecule has 0 aliphatic rings. The Kier molecular flexibility index (Phi) is 6.82. The van der Waals surface area contributed by atoms with Gasteiger partial charge in [-0.2, -0.15) is 0 Å². The fourth-order valence-electron chi connectivity index (χ4n) is 6.51. The molecule has 0 saturated heterocycles. The summed E-state index contributed by atoms with van der Waals surface area (Å²) >= 11 is 0.143. The van der Waals surface area contributed by atoms with Crippen molar-refractivity contribution in [2.45, 2.75) is 0 Å². The number of benzene rings is 7. The molecule has 7 aromatic carbocycles. The summed E-state index contributed by atoms with van der Waals surface area (Å²) in [6.07, 6.45) is 0. The van der Waals surface area contributed by atoms with Gasteiger partial charge in [-0.15, -0.1) is 0 Å².